The van der Waals surface area contributed by atoms with Gasteiger partial charge >= 0.3 is 6.16 Å². The molecule has 0 bridgehead atoms. The molecule has 3 nitrogen and oxygen atoms in total. The molecule has 4 aromatic carbocycles. The van der Waals surface area contributed by atoms with Gasteiger partial charge in [0.25, 0.3) is 0 Å². The van der Waals surface area contributed by atoms with Gasteiger partial charge in [-0.1, -0.05) is 36.4 Å². The van der Waals surface area contributed by atoms with Crippen molar-refractivity contribution >= 4 is 38.5 Å². The Kier molecular flexibility index (Phi) is 3.54. The standard InChI is InChI=1S/C21H16O3/c1-2-23-21(22)24-20-9-5-8-16-12-17-10-14-6-3-4-7-15(14)11-18(17)13-19(16)20/h3-13H,2H2,1H3. The Morgan fingerprint density at radius 2 is 1.42 bits per heavy atom. The Hall–Kier alpha value is -3.07. The lowest BCUT2D eigenvalue weighted by molar-refractivity contribution is 0.105. The average molecular weight is 316 g/mol. The maximum Gasteiger partial charge on any atom is 0.513 e. The van der Waals surface area contributed by atoms with Crippen LogP contribution >= 0.6 is 0 Å². The molecule has 24 heavy (non-hydrogen) atoms. The molecule has 0 saturated heterocycles. The van der Waals surface area contributed by atoms with Gasteiger partial charge in [-0.2, -0.15) is 0 Å². The summed E-state index contributed by atoms with van der Waals surface area (Å²) in [6.45, 7) is 2.04. The van der Waals surface area contributed by atoms with Crippen LogP contribution in [0.2, 0.25) is 0 Å². The first-order chi connectivity index (χ1) is 11.7. The van der Waals surface area contributed by atoms with Gasteiger partial charge < -0.3 is 9.47 Å². The molecule has 0 spiro atoms. The van der Waals surface area contributed by atoms with E-state index in [1.54, 1.807) is 13.0 Å². The van der Waals surface area contributed by atoms with E-state index >= 15 is 0 Å². The van der Waals surface area contributed by atoms with Crippen molar-refractivity contribution < 1.29 is 14.3 Å². The smallest absolute Gasteiger partial charge is 0.434 e. The van der Waals surface area contributed by atoms with E-state index in [9.17, 15) is 4.79 Å². The summed E-state index contributed by atoms with van der Waals surface area (Å²) in [7, 11) is 0. The summed E-state index contributed by atoms with van der Waals surface area (Å²) in [5, 5.41) is 6.60. The minimum atomic E-state index is -0.677. The fraction of sp³-hybridized carbons (Fsp3) is 0.0952. The zero-order chi connectivity index (χ0) is 16.5. The summed E-state index contributed by atoms with van der Waals surface area (Å²) in [4.78, 5) is 11.7. The van der Waals surface area contributed by atoms with Crippen molar-refractivity contribution in [1.29, 1.82) is 0 Å². The lowest BCUT2D eigenvalue weighted by Crippen LogP contribution is -2.10. The van der Waals surface area contributed by atoms with Crippen molar-refractivity contribution in [3.63, 3.8) is 0 Å². The van der Waals surface area contributed by atoms with E-state index in [0.29, 0.717) is 12.4 Å². The van der Waals surface area contributed by atoms with Gasteiger partial charge in [-0.25, -0.2) is 4.79 Å². The number of ether oxygens (including phenoxy) is 2. The molecule has 0 aliphatic carbocycles. The number of benzene rings is 4. The summed E-state index contributed by atoms with van der Waals surface area (Å²) in [6, 6.07) is 22.5. The largest absolute Gasteiger partial charge is 0.513 e. The molecular weight excluding hydrogens is 300 g/mol. The van der Waals surface area contributed by atoms with E-state index in [1.807, 2.05) is 24.3 Å². The fourth-order valence-electron chi connectivity index (χ4n) is 3.02. The monoisotopic (exact) mass is 316 g/mol. The van der Waals surface area contributed by atoms with Crippen LogP contribution in [-0.4, -0.2) is 12.8 Å². The van der Waals surface area contributed by atoms with E-state index in [1.165, 1.54) is 10.8 Å². The number of hydrogen-bond acceptors (Lipinski definition) is 3. The average Bonchev–Trinajstić information content (AvgIpc) is 2.59. The van der Waals surface area contributed by atoms with E-state index in [0.717, 1.165) is 21.5 Å². The summed E-state index contributed by atoms with van der Waals surface area (Å²) in [5.41, 5.74) is 0. The molecule has 0 fully saturated rings. The molecule has 4 aromatic rings. The van der Waals surface area contributed by atoms with Crippen molar-refractivity contribution in [3.8, 4) is 5.75 Å². The van der Waals surface area contributed by atoms with Crippen LogP contribution in [0, 0.1) is 0 Å². The first-order valence-corrected chi connectivity index (χ1v) is 7.94. The molecule has 0 aliphatic heterocycles. The molecule has 0 N–H and O–H groups in total. The fourth-order valence-corrected chi connectivity index (χ4v) is 3.02. The van der Waals surface area contributed by atoms with Gasteiger partial charge in [-0.3, -0.25) is 0 Å². The zero-order valence-corrected chi connectivity index (χ0v) is 13.3. The number of rotatable bonds is 2. The first kappa shape index (κ1) is 14.5. The van der Waals surface area contributed by atoms with Crippen LogP contribution in [0.1, 0.15) is 6.92 Å². The van der Waals surface area contributed by atoms with E-state index in [-0.39, 0.29) is 0 Å². The summed E-state index contributed by atoms with van der Waals surface area (Å²) in [5.74, 6) is 0.515. The van der Waals surface area contributed by atoms with Gasteiger partial charge in [0.05, 0.1) is 6.61 Å². The van der Waals surface area contributed by atoms with Crippen molar-refractivity contribution in [3.05, 3.63) is 66.7 Å². The number of carbonyl (C=O) groups excluding carboxylic acids is 1. The van der Waals surface area contributed by atoms with Crippen LogP contribution in [0.3, 0.4) is 0 Å². The normalized spacial score (nSPS) is 11.0. The Labute approximate surface area is 139 Å². The number of carbonyl (C=O) groups is 1. The minimum Gasteiger partial charge on any atom is -0.434 e. The minimum absolute atomic E-state index is 0.290. The van der Waals surface area contributed by atoms with Crippen LogP contribution in [0.25, 0.3) is 32.3 Å². The molecule has 0 aliphatic rings. The predicted octanol–water partition coefficient (Wildman–Crippen LogP) is 5.68. The zero-order valence-electron chi connectivity index (χ0n) is 13.3. The number of hydrogen-bond donors (Lipinski definition) is 0. The predicted molar refractivity (Wildman–Crippen MR) is 96.6 cm³/mol. The van der Waals surface area contributed by atoms with E-state index in [4.69, 9.17) is 9.47 Å². The highest BCUT2D eigenvalue weighted by molar-refractivity contribution is 6.06. The highest BCUT2D eigenvalue weighted by Gasteiger charge is 2.10. The van der Waals surface area contributed by atoms with Crippen LogP contribution in [0.5, 0.6) is 5.75 Å². The third kappa shape index (κ3) is 2.54. The van der Waals surface area contributed by atoms with Crippen LogP contribution in [-0.2, 0) is 4.74 Å². The molecule has 118 valence electrons. The molecule has 0 unspecified atom stereocenters. The maximum absolute atomic E-state index is 11.7. The molecule has 0 atom stereocenters. The van der Waals surface area contributed by atoms with E-state index in [2.05, 4.69) is 36.4 Å². The third-order valence-corrected chi connectivity index (χ3v) is 4.12. The van der Waals surface area contributed by atoms with Crippen LogP contribution < -0.4 is 4.74 Å². The first-order valence-electron chi connectivity index (χ1n) is 7.94. The van der Waals surface area contributed by atoms with Gasteiger partial charge in [0, 0.05) is 5.39 Å². The second-order valence-corrected chi connectivity index (χ2v) is 5.66. The SMILES string of the molecule is CCOC(=O)Oc1cccc2cc3cc4ccccc4cc3cc12. The summed E-state index contributed by atoms with van der Waals surface area (Å²) in [6.07, 6.45) is -0.677. The highest BCUT2D eigenvalue weighted by Crippen LogP contribution is 2.32. The van der Waals surface area contributed by atoms with Crippen LogP contribution in [0.4, 0.5) is 4.79 Å². The van der Waals surface area contributed by atoms with Crippen LogP contribution in [0.15, 0.2) is 66.7 Å². The molecule has 4 rings (SSSR count). The molecular formula is C21H16O3. The van der Waals surface area contributed by atoms with E-state index < -0.39 is 6.16 Å². The lowest BCUT2D eigenvalue weighted by atomic mass is 9.99. The van der Waals surface area contributed by atoms with Crippen molar-refractivity contribution in [2.24, 2.45) is 0 Å². The quantitative estimate of drug-likeness (QED) is 0.271. The molecule has 0 heterocycles. The van der Waals surface area contributed by atoms with Gasteiger partial charge in [0.1, 0.15) is 5.75 Å². The maximum atomic E-state index is 11.7. The van der Waals surface area contributed by atoms with Crippen molar-refractivity contribution in [1.82, 2.24) is 0 Å². The summed E-state index contributed by atoms with van der Waals surface area (Å²) >= 11 is 0. The molecule has 0 saturated carbocycles. The van der Waals surface area contributed by atoms with Gasteiger partial charge in [-0.15, -0.1) is 0 Å². The van der Waals surface area contributed by atoms with Crippen molar-refractivity contribution in [2.75, 3.05) is 6.61 Å². The molecule has 0 aromatic heterocycles. The highest BCUT2D eigenvalue weighted by atomic mass is 16.7. The van der Waals surface area contributed by atoms with Gasteiger partial charge in [0.15, 0.2) is 0 Å². The Morgan fingerprint density at radius 1 is 0.792 bits per heavy atom. The third-order valence-electron chi connectivity index (χ3n) is 4.12. The second-order valence-electron chi connectivity index (χ2n) is 5.66. The second kappa shape index (κ2) is 5.85. The van der Waals surface area contributed by atoms with Crippen molar-refractivity contribution in [2.45, 2.75) is 6.92 Å². The Morgan fingerprint density at radius 3 is 2.12 bits per heavy atom. The Bertz CT molecular complexity index is 1070. The van der Waals surface area contributed by atoms with Gasteiger partial charge in [0.2, 0.25) is 0 Å². The lowest BCUT2D eigenvalue weighted by Gasteiger charge is -2.09. The van der Waals surface area contributed by atoms with Gasteiger partial charge in [-0.05, 0) is 64.2 Å². The molecule has 0 radical (unpaired) electrons. The topological polar surface area (TPSA) is 35.5 Å². The molecule has 3 heteroatoms. The molecule has 0 amide bonds. The number of fused-ring (bicyclic) bond motifs is 3. The Balaban J connectivity index is 1.91. The summed E-state index contributed by atoms with van der Waals surface area (Å²) < 4.78 is 10.2.